The molecule has 1 saturated heterocycles. The molecule has 1 fully saturated rings. The van der Waals surface area contributed by atoms with E-state index in [4.69, 9.17) is 11.6 Å². The molecule has 0 spiro atoms. The maximum atomic E-state index is 12.6. The molecular weight excluding hydrogens is 350 g/mol. The van der Waals surface area contributed by atoms with E-state index < -0.39 is 0 Å². The summed E-state index contributed by atoms with van der Waals surface area (Å²) in [5.74, 6) is 0.179. The van der Waals surface area contributed by atoms with Crippen molar-refractivity contribution in [3.63, 3.8) is 0 Å². The van der Waals surface area contributed by atoms with Crippen LogP contribution in [0.3, 0.4) is 0 Å². The Hall–Kier alpha value is -2.53. The standard InChI is InChI=1S/C20H20ClN3O2/c1-22-18-7-6-17(12-15(18)13-19(22)25)23-8-10-24(11-9-23)20(26)14-2-4-16(21)5-3-14/h2-7,12H,8-11,13H2,1H3. The third kappa shape index (κ3) is 3.03. The van der Waals surface area contributed by atoms with Crippen LogP contribution in [0.1, 0.15) is 15.9 Å². The molecule has 0 atom stereocenters. The molecular formula is C20H20ClN3O2. The number of rotatable bonds is 2. The number of halogens is 1. The first kappa shape index (κ1) is 16.9. The van der Waals surface area contributed by atoms with Crippen LogP contribution in [-0.2, 0) is 11.2 Å². The summed E-state index contributed by atoms with van der Waals surface area (Å²) < 4.78 is 0. The maximum absolute atomic E-state index is 12.6. The fraction of sp³-hybridized carbons (Fsp3) is 0.300. The van der Waals surface area contributed by atoms with Gasteiger partial charge in [-0.1, -0.05) is 11.6 Å². The van der Waals surface area contributed by atoms with Gasteiger partial charge in [-0.2, -0.15) is 0 Å². The molecule has 0 radical (unpaired) electrons. The summed E-state index contributed by atoms with van der Waals surface area (Å²) in [5, 5.41) is 0.632. The largest absolute Gasteiger partial charge is 0.368 e. The van der Waals surface area contributed by atoms with Crippen LogP contribution in [0.25, 0.3) is 0 Å². The van der Waals surface area contributed by atoms with Crippen molar-refractivity contribution in [3.8, 4) is 0 Å². The number of nitrogens with zero attached hydrogens (tertiary/aromatic N) is 3. The monoisotopic (exact) mass is 369 g/mol. The van der Waals surface area contributed by atoms with Crippen molar-refractivity contribution >= 4 is 34.8 Å². The minimum Gasteiger partial charge on any atom is -0.368 e. The number of fused-ring (bicyclic) bond motifs is 1. The number of likely N-dealkylation sites (N-methyl/N-ethyl adjacent to an activating group) is 1. The molecule has 0 aliphatic carbocycles. The average molecular weight is 370 g/mol. The Balaban J connectivity index is 1.43. The second-order valence-electron chi connectivity index (χ2n) is 6.73. The number of hydrogen-bond acceptors (Lipinski definition) is 3. The molecule has 26 heavy (non-hydrogen) atoms. The summed E-state index contributed by atoms with van der Waals surface area (Å²) >= 11 is 5.89. The van der Waals surface area contributed by atoms with Gasteiger partial charge in [-0.3, -0.25) is 9.59 Å². The van der Waals surface area contributed by atoms with Gasteiger partial charge in [-0.25, -0.2) is 0 Å². The van der Waals surface area contributed by atoms with E-state index in [0.29, 0.717) is 30.1 Å². The van der Waals surface area contributed by atoms with Crippen LogP contribution >= 0.6 is 11.6 Å². The predicted octanol–water partition coefficient (Wildman–Crippen LogP) is 2.82. The number of benzene rings is 2. The van der Waals surface area contributed by atoms with E-state index in [1.165, 1.54) is 0 Å². The highest BCUT2D eigenvalue weighted by atomic mass is 35.5. The summed E-state index contributed by atoms with van der Waals surface area (Å²) in [6, 6.07) is 13.2. The first-order valence-electron chi connectivity index (χ1n) is 8.72. The Morgan fingerprint density at radius 2 is 1.69 bits per heavy atom. The number of piperazine rings is 1. The lowest BCUT2D eigenvalue weighted by atomic mass is 10.1. The number of amides is 2. The molecule has 2 amide bonds. The smallest absolute Gasteiger partial charge is 0.253 e. The second kappa shape index (κ2) is 6.65. The van der Waals surface area contributed by atoms with Gasteiger partial charge in [0.2, 0.25) is 5.91 Å². The van der Waals surface area contributed by atoms with E-state index in [-0.39, 0.29) is 11.8 Å². The van der Waals surface area contributed by atoms with E-state index in [1.54, 1.807) is 29.2 Å². The molecule has 6 heteroatoms. The molecule has 4 rings (SSSR count). The molecule has 2 aromatic rings. The zero-order valence-electron chi connectivity index (χ0n) is 14.6. The van der Waals surface area contributed by atoms with Crippen molar-refractivity contribution in [2.45, 2.75) is 6.42 Å². The Bertz CT molecular complexity index is 858. The van der Waals surface area contributed by atoms with Crippen molar-refractivity contribution in [2.75, 3.05) is 43.0 Å². The van der Waals surface area contributed by atoms with E-state index in [9.17, 15) is 9.59 Å². The van der Waals surface area contributed by atoms with Crippen molar-refractivity contribution < 1.29 is 9.59 Å². The third-order valence-electron chi connectivity index (χ3n) is 5.16. The molecule has 0 saturated carbocycles. The topological polar surface area (TPSA) is 43.9 Å². The average Bonchev–Trinajstić information content (AvgIpc) is 2.95. The van der Waals surface area contributed by atoms with Gasteiger partial charge < -0.3 is 14.7 Å². The zero-order chi connectivity index (χ0) is 18.3. The zero-order valence-corrected chi connectivity index (χ0v) is 15.4. The quantitative estimate of drug-likeness (QED) is 0.817. The number of carbonyl (C=O) groups is 2. The van der Waals surface area contributed by atoms with Crippen LogP contribution in [0.15, 0.2) is 42.5 Å². The van der Waals surface area contributed by atoms with Gasteiger partial charge in [0, 0.05) is 55.2 Å². The van der Waals surface area contributed by atoms with Gasteiger partial charge in [0.1, 0.15) is 0 Å². The van der Waals surface area contributed by atoms with Crippen molar-refractivity contribution in [1.82, 2.24) is 4.90 Å². The van der Waals surface area contributed by atoms with Gasteiger partial charge in [0.25, 0.3) is 5.91 Å². The van der Waals surface area contributed by atoms with Gasteiger partial charge in [-0.05, 0) is 48.0 Å². The fourth-order valence-corrected chi connectivity index (χ4v) is 3.72. The Morgan fingerprint density at radius 1 is 1.00 bits per heavy atom. The molecule has 2 aromatic carbocycles. The van der Waals surface area contributed by atoms with Gasteiger partial charge in [-0.15, -0.1) is 0 Å². The highest BCUT2D eigenvalue weighted by molar-refractivity contribution is 6.30. The van der Waals surface area contributed by atoms with Gasteiger partial charge in [0.05, 0.1) is 6.42 Å². The Labute approximate surface area is 157 Å². The van der Waals surface area contributed by atoms with Crippen LogP contribution in [0, 0.1) is 0 Å². The first-order chi connectivity index (χ1) is 12.5. The van der Waals surface area contributed by atoms with Crippen LogP contribution in [-0.4, -0.2) is 49.9 Å². The molecule has 0 aromatic heterocycles. The van der Waals surface area contributed by atoms with E-state index in [0.717, 1.165) is 30.0 Å². The molecule has 2 heterocycles. The van der Waals surface area contributed by atoms with Gasteiger partial charge >= 0.3 is 0 Å². The molecule has 0 unspecified atom stereocenters. The minimum atomic E-state index is 0.0440. The van der Waals surface area contributed by atoms with E-state index >= 15 is 0 Å². The molecule has 134 valence electrons. The summed E-state index contributed by atoms with van der Waals surface area (Å²) in [6.07, 6.45) is 0.467. The van der Waals surface area contributed by atoms with E-state index in [1.807, 2.05) is 18.0 Å². The fourth-order valence-electron chi connectivity index (χ4n) is 3.60. The van der Waals surface area contributed by atoms with Gasteiger partial charge in [0.15, 0.2) is 0 Å². The highest BCUT2D eigenvalue weighted by Gasteiger charge is 2.26. The lowest BCUT2D eigenvalue weighted by Crippen LogP contribution is -2.48. The summed E-state index contributed by atoms with van der Waals surface area (Å²) in [6.45, 7) is 2.92. The molecule has 5 nitrogen and oxygen atoms in total. The third-order valence-corrected chi connectivity index (χ3v) is 5.42. The summed E-state index contributed by atoms with van der Waals surface area (Å²) in [5.41, 5.74) is 3.86. The predicted molar refractivity (Wildman–Crippen MR) is 103 cm³/mol. The second-order valence-corrected chi connectivity index (χ2v) is 7.17. The molecule has 0 bridgehead atoms. The molecule has 0 N–H and O–H groups in total. The van der Waals surface area contributed by atoms with E-state index in [2.05, 4.69) is 17.0 Å². The number of carbonyl (C=O) groups excluding carboxylic acids is 2. The van der Waals surface area contributed by atoms with Crippen LogP contribution in [0.2, 0.25) is 5.02 Å². The summed E-state index contributed by atoms with van der Waals surface area (Å²) in [4.78, 5) is 30.3. The normalized spacial score (nSPS) is 16.8. The maximum Gasteiger partial charge on any atom is 0.253 e. The Kier molecular flexibility index (Phi) is 4.32. The van der Waals surface area contributed by atoms with Crippen molar-refractivity contribution in [1.29, 1.82) is 0 Å². The number of hydrogen-bond donors (Lipinski definition) is 0. The van der Waals surface area contributed by atoms with Crippen LogP contribution in [0.4, 0.5) is 11.4 Å². The Morgan fingerprint density at radius 3 is 2.38 bits per heavy atom. The van der Waals surface area contributed by atoms with Crippen LogP contribution < -0.4 is 9.80 Å². The SMILES string of the molecule is CN1C(=O)Cc2cc(N3CCN(C(=O)c4ccc(Cl)cc4)CC3)ccc21. The van der Waals surface area contributed by atoms with Crippen LogP contribution in [0.5, 0.6) is 0 Å². The van der Waals surface area contributed by atoms with Crippen molar-refractivity contribution in [2.24, 2.45) is 0 Å². The lowest BCUT2D eigenvalue weighted by molar-refractivity contribution is -0.117. The minimum absolute atomic E-state index is 0.0440. The summed E-state index contributed by atoms with van der Waals surface area (Å²) in [7, 11) is 1.81. The highest BCUT2D eigenvalue weighted by Crippen LogP contribution is 2.31. The lowest BCUT2D eigenvalue weighted by Gasteiger charge is -2.36. The van der Waals surface area contributed by atoms with Crippen molar-refractivity contribution in [3.05, 3.63) is 58.6 Å². The number of anilines is 2. The molecule has 2 aliphatic heterocycles. The molecule has 2 aliphatic rings. The first-order valence-corrected chi connectivity index (χ1v) is 9.10.